The van der Waals surface area contributed by atoms with Gasteiger partial charge in [-0.15, -0.1) is 0 Å². The third-order valence-corrected chi connectivity index (χ3v) is 8.20. The molecule has 0 aromatic heterocycles. The summed E-state index contributed by atoms with van der Waals surface area (Å²) in [4.78, 5) is 16.8. The summed E-state index contributed by atoms with van der Waals surface area (Å²) < 4.78 is 11.7. The molecule has 0 spiro atoms. The molecule has 0 aliphatic carbocycles. The number of aliphatic hydroxyl groups excluding tert-OH is 1. The van der Waals surface area contributed by atoms with Gasteiger partial charge in [-0.2, -0.15) is 0 Å². The first-order chi connectivity index (χ1) is 20.7. The van der Waals surface area contributed by atoms with Gasteiger partial charge in [-0.3, -0.25) is 4.90 Å². The summed E-state index contributed by atoms with van der Waals surface area (Å²) in [6.45, 7) is 10.8. The standard InChI is InChI=1S/C36H44N2O5/c1-36(2,3)43-35(41)38-24-29-22-37(23-30(29)25-38)19-21-42-32-17-13-28(14-18-32)34(27-11-15-31(40)16-12-27)33(10-7-20-39)26-8-5-4-6-9-26/h4-6,8-9,11-18,29-30,39-40H,7,10,19-25H2,1-3H3/b34-33-/t29-,30+. The highest BCUT2D eigenvalue weighted by atomic mass is 16.6. The van der Waals surface area contributed by atoms with E-state index in [1.165, 1.54) is 0 Å². The van der Waals surface area contributed by atoms with Crippen molar-refractivity contribution in [3.05, 3.63) is 95.6 Å². The minimum absolute atomic E-state index is 0.118. The van der Waals surface area contributed by atoms with Crippen molar-refractivity contribution < 1.29 is 24.5 Å². The molecule has 2 heterocycles. The monoisotopic (exact) mass is 584 g/mol. The Bertz CT molecular complexity index is 1370. The van der Waals surface area contributed by atoms with Crippen molar-refractivity contribution >= 4 is 17.2 Å². The molecule has 2 N–H and O–H groups in total. The van der Waals surface area contributed by atoms with Gasteiger partial charge < -0.3 is 24.6 Å². The Balaban J connectivity index is 1.23. The van der Waals surface area contributed by atoms with Gasteiger partial charge in [0.1, 0.15) is 23.7 Å². The number of hydrogen-bond acceptors (Lipinski definition) is 6. The minimum atomic E-state index is -0.468. The van der Waals surface area contributed by atoms with Crippen LogP contribution in [0.1, 0.15) is 50.3 Å². The number of rotatable bonds is 10. The smallest absolute Gasteiger partial charge is 0.410 e. The Kier molecular flexibility index (Phi) is 9.73. The van der Waals surface area contributed by atoms with Gasteiger partial charge in [0.05, 0.1) is 0 Å². The third kappa shape index (κ3) is 7.98. The summed E-state index contributed by atoms with van der Waals surface area (Å²) in [6.07, 6.45) is 1.18. The van der Waals surface area contributed by atoms with Gasteiger partial charge in [-0.1, -0.05) is 54.6 Å². The number of aliphatic hydroxyl groups is 1. The number of fused-ring (bicyclic) bond motifs is 1. The van der Waals surface area contributed by atoms with Gasteiger partial charge >= 0.3 is 6.09 Å². The second kappa shape index (κ2) is 13.7. The van der Waals surface area contributed by atoms with Crippen molar-refractivity contribution in [2.24, 2.45) is 11.8 Å². The Morgan fingerprint density at radius 2 is 1.44 bits per heavy atom. The normalized spacial score (nSPS) is 19.2. The molecule has 2 saturated heterocycles. The maximum absolute atomic E-state index is 12.5. The maximum atomic E-state index is 12.5. The first-order valence-electron chi connectivity index (χ1n) is 15.3. The van der Waals surface area contributed by atoms with Crippen LogP contribution in [0.25, 0.3) is 11.1 Å². The van der Waals surface area contributed by atoms with E-state index in [0.717, 1.165) is 72.7 Å². The van der Waals surface area contributed by atoms with E-state index in [-0.39, 0.29) is 18.4 Å². The quantitative estimate of drug-likeness (QED) is 0.272. The number of phenolic OH excluding ortho intramolecular Hbond substituents is 1. The minimum Gasteiger partial charge on any atom is -0.508 e. The molecule has 3 aromatic rings. The molecule has 0 radical (unpaired) electrons. The molecule has 228 valence electrons. The molecular formula is C36H44N2O5. The van der Waals surface area contributed by atoms with E-state index in [2.05, 4.69) is 29.2 Å². The SMILES string of the molecule is CC(C)(C)OC(=O)N1C[C@H]2CN(CCOc3ccc(/C(=C(/CCCO)c4ccccc4)c4ccc(O)cc4)cc3)C[C@H]2C1. The zero-order chi connectivity index (χ0) is 30.4. The van der Waals surface area contributed by atoms with Gasteiger partial charge in [-0.05, 0) is 97.6 Å². The molecule has 2 atom stereocenters. The summed E-state index contributed by atoms with van der Waals surface area (Å²) in [6, 6.07) is 25.8. The van der Waals surface area contributed by atoms with Crippen molar-refractivity contribution in [3.63, 3.8) is 0 Å². The molecular weight excluding hydrogens is 540 g/mol. The first kappa shape index (κ1) is 30.6. The van der Waals surface area contributed by atoms with Crippen LogP contribution < -0.4 is 4.74 Å². The van der Waals surface area contributed by atoms with Crippen molar-refractivity contribution in [1.82, 2.24) is 9.80 Å². The zero-order valence-electron chi connectivity index (χ0n) is 25.5. The van der Waals surface area contributed by atoms with Crippen LogP contribution in [0.2, 0.25) is 0 Å². The van der Waals surface area contributed by atoms with Gasteiger partial charge in [-0.25, -0.2) is 4.79 Å². The number of likely N-dealkylation sites (tertiary alicyclic amines) is 2. The fraction of sp³-hybridized carbons (Fsp3) is 0.417. The lowest BCUT2D eigenvalue weighted by Crippen LogP contribution is -2.38. The van der Waals surface area contributed by atoms with E-state index in [1.807, 2.05) is 68.1 Å². The fourth-order valence-electron chi connectivity index (χ4n) is 6.21. The van der Waals surface area contributed by atoms with Crippen LogP contribution in [-0.4, -0.2) is 77.6 Å². The lowest BCUT2D eigenvalue weighted by atomic mass is 9.87. The second-order valence-corrected chi connectivity index (χ2v) is 12.6. The highest BCUT2D eigenvalue weighted by molar-refractivity contribution is 5.98. The predicted octanol–water partition coefficient (Wildman–Crippen LogP) is 6.30. The van der Waals surface area contributed by atoms with E-state index >= 15 is 0 Å². The van der Waals surface area contributed by atoms with Gasteiger partial charge in [0.15, 0.2) is 0 Å². The fourth-order valence-corrected chi connectivity index (χ4v) is 6.21. The molecule has 0 unspecified atom stereocenters. The summed E-state index contributed by atoms with van der Waals surface area (Å²) in [5.74, 6) is 2.02. The number of benzene rings is 3. The number of nitrogens with zero attached hydrogens (tertiary/aromatic N) is 2. The summed E-state index contributed by atoms with van der Waals surface area (Å²) in [7, 11) is 0. The predicted molar refractivity (Wildman–Crippen MR) is 170 cm³/mol. The van der Waals surface area contributed by atoms with Crippen LogP contribution in [0.5, 0.6) is 11.5 Å². The van der Waals surface area contributed by atoms with E-state index in [0.29, 0.717) is 24.9 Å². The second-order valence-electron chi connectivity index (χ2n) is 12.6. The number of hydrogen-bond donors (Lipinski definition) is 2. The Hall–Kier alpha value is -3.81. The van der Waals surface area contributed by atoms with E-state index in [4.69, 9.17) is 9.47 Å². The van der Waals surface area contributed by atoms with E-state index in [9.17, 15) is 15.0 Å². The highest BCUT2D eigenvalue weighted by Gasteiger charge is 2.42. The van der Waals surface area contributed by atoms with Crippen LogP contribution in [0.15, 0.2) is 78.9 Å². The summed E-state index contributed by atoms with van der Waals surface area (Å²) in [5.41, 5.74) is 4.94. The Morgan fingerprint density at radius 1 is 0.837 bits per heavy atom. The average Bonchev–Trinajstić information content (AvgIpc) is 3.56. The highest BCUT2D eigenvalue weighted by Crippen LogP contribution is 2.36. The van der Waals surface area contributed by atoms with Crippen LogP contribution in [0, 0.1) is 11.8 Å². The molecule has 0 saturated carbocycles. The molecule has 1 amide bonds. The molecule has 0 bridgehead atoms. The zero-order valence-corrected chi connectivity index (χ0v) is 25.5. The van der Waals surface area contributed by atoms with Crippen molar-refractivity contribution in [3.8, 4) is 11.5 Å². The number of carbonyl (C=O) groups excluding carboxylic acids is 1. The van der Waals surface area contributed by atoms with Crippen molar-refractivity contribution in [2.75, 3.05) is 45.9 Å². The number of phenols is 1. The van der Waals surface area contributed by atoms with Gasteiger partial charge in [0.2, 0.25) is 0 Å². The molecule has 7 heteroatoms. The Labute approximate surface area is 255 Å². The third-order valence-electron chi connectivity index (χ3n) is 8.20. The van der Waals surface area contributed by atoms with Gasteiger partial charge in [0.25, 0.3) is 0 Å². The molecule has 2 aliphatic heterocycles. The number of carbonyl (C=O) groups is 1. The Morgan fingerprint density at radius 3 is 2.02 bits per heavy atom. The largest absolute Gasteiger partial charge is 0.508 e. The van der Waals surface area contributed by atoms with E-state index < -0.39 is 5.60 Å². The molecule has 2 aliphatic rings. The molecule has 2 fully saturated rings. The van der Waals surface area contributed by atoms with Crippen LogP contribution in [-0.2, 0) is 4.74 Å². The lowest BCUT2D eigenvalue weighted by Gasteiger charge is -2.26. The van der Waals surface area contributed by atoms with Crippen molar-refractivity contribution in [2.45, 2.75) is 39.2 Å². The van der Waals surface area contributed by atoms with Gasteiger partial charge in [0, 0.05) is 39.3 Å². The summed E-state index contributed by atoms with van der Waals surface area (Å²) >= 11 is 0. The van der Waals surface area contributed by atoms with Crippen LogP contribution in [0.4, 0.5) is 4.79 Å². The maximum Gasteiger partial charge on any atom is 0.410 e. The van der Waals surface area contributed by atoms with Crippen LogP contribution >= 0.6 is 0 Å². The summed E-state index contributed by atoms with van der Waals surface area (Å²) in [5, 5.41) is 19.6. The number of allylic oxidation sites excluding steroid dienone is 1. The molecule has 43 heavy (non-hydrogen) atoms. The average molecular weight is 585 g/mol. The van der Waals surface area contributed by atoms with Crippen molar-refractivity contribution in [1.29, 1.82) is 0 Å². The molecule has 3 aromatic carbocycles. The molecule has 7 nitrogen and oxygen atoms in total. The lowest BCUT2D eigenvalue weighted by molar-refractivity contribution is 0.0273. The topological polar surface area (TPSA) is 82.5 Å². The number of aromatic hydroxyl groups is 1. The first-order valence-corrected chi connectivity index (χ1v) is 15.3. The number of amides is 1. The molecule has 5 rings (SSSR count). The number of ether oxygens (including phenoxy) is 2. The van der Waals surface area contributed by atoms with E-state index in [1.54, 1.807) is 12.1 Å². The van der Waals surface area contributed by atoms with Crippen LogP contribution in [0.3, 0.4) is 0 Å².